The van der Waals surface area contributed by atoms with Gasteiger partial charge in [-0.05, 0) is 13.3 Å². The van der Waals surface area contributed by atoms with E-state index < -0.39 is 5.38 Å². The zero-order valence-electron chi connectivity index (χ0n) is 7.60. The Hall–Kier alpha value is -1.03. The molecule has 0 saturated carbocycles. The van der Waals surface area contributed by atoms with Crippen molar-refractivity contribution in [1.82, 2.24) is 10.2 Å². The van der Waals surface area contributed by atoms with Gasteiger partial charge in [-0.1, -0.05) is 6.92 Å². The molecule has 0 bridgehead atoms. The minimum Gasteiger partial charge on any atom is -0.310 e. The van der Waals surface area contributed by atoms with Crippen LogP contribution in [0.3, 0.4) is 0 Å². The van der Waals surface area contributed by atoms with Crippen LogP contribution in [0.2, 0.25) is 0 Å². The maximum absolute atomic E-state index is 11.2. The van der Waals surface area contributed by atoms with E-state index in [4.69, 9.17) is 11.6 Å². The maximum atomic E-state index is 11.2. The van der Waals surface area contributed by atoms with Crippen molar-refractivity contribution in [3.63, 3.8) is 0 Å². The molecule has 4 nitrogen and oxygen atoms in total. The van der Waals surface area contributed by atoms with E-state index in [1.165, 1.54) is 0 Å². The monoisotopic (exact) mass is 201 g/mol. The second-order valence-electron chi connectivity index (χ2n) is 2.73. The van der Waals surface area contributed by atoms with E-state index in [0.717, 1.165) is 12.0 Å². The highest BCUT2D eigenvalue weighted by molar-refractivity contribution is 6.32. The zero-order valence-corrected chi connectivity index (χ0v) is 8.35. The number of amides is 1. The molecule has 0 saturated heterocycles. The lowest BCUT2D eigenvalue weighted by atomic mass is 10.2. The Morgan fingerprint density at radius 1 is 1.85 bits per heavy atom. The Bertz CT molecular complexity index is 295. The number of hydrogen-bond donors (Lipinski definition) is 2. The number of halogens is 1. The molecule has 0 aliphatic carbocycles. The van der Waals surface area contributed by atoms with Gasteiger partial charge in [-0.25, -0.2) is 0 Å². The summed E-state index contributed by atoms with van der Waals surface area (Å²) < 4.78 is 0. The van der Waals surface area contributed by atoms with Gasteiger partial charge in [0.15, 0.2) is 0 Å². The minimum absolute atomic E-state index is 0.222. The van der Waals surface area contributed by atoms with Gasteiger partial charge in [0.25, 0.3) is 0 Å². The van der Waals surface area contributed by atoms with E-state index in [2.05, 4.69) is 15.5 Å². The number of aromatic amines is 1. The van der Waals surface area contributed by atoms with Crippen molar-refractivity contribution >= 4 is 23.3 Å². The van der Waals surface area contributed by atoms with E-state index in [1.54, 1.807) is 13.1 Å². The largest absolute Gasteiger partial charge is 0.310 e. The number of anilines is 1. The summed E-state index contributed by atoms with van der Waals surface area (Å²) in [6.07, 6.45) is 2.51. The van der Waals surface area contributed by atoms with Crippen molar-refractivity contribution in [2.24, 2.45) is 0 Å². The van der Waals surface area contributed by atoms with Crippen LogP contribution in [0.15, 0.2) is 6.20 Å². The average molecular weight is 202 g/mol. The van der Waals surface area contributed by atoms with Gasteiger partial charge in [0.2, 0.25) is 5.91 Å². The summed E-state index contributed by atoms with van der Waals surface area (Å²) in [6, 6.07) is 0. The van der Waals surface area contributed by atoms with Gasteiger partial charge in [-0.3, -0.25) is 9.89 Å². The highest BCUT2D eigenvalue weighted by Gasteiger charge is 2.11. The summed E-state index contributed by atoms with van der Waals surface area (Å²) in [6.45, 7) is 3.61. The third kappa shape index (κ3) is 2.45. The Morgan fingerprint density at radius 3 is 3.08 bits per heavy atom. The first-order valence-corrected chi connectivity index (χ1v) is 4.56. The number of aryl methyl sites for hydroxylation is 1. The number of H-pyrrole nitrogens is 1. The SMILES string of the molecule is CCc1cn[nH]c1NC(=O)C(C)Cl. The number of rotatable bonds is 3. The average Bonchev–Trinajstić information content (AvgIpc) is 2.51. The van der Waals surface area contributed by atoms with Crippen molar-refractivity contribution in [2.75, 3.05) is 5.32 Å². The molecule has 0 aliphatic rings. The molecule has 1 amide bonds. The number of nitrogens with zero attached hydrogens (tertiary/aromatic N) is 1. The number of alkyl halides is 1. The van der Waals surface area contributed by atoms with Crippen LogP contribution >= 0.6 is 11.6 Å². The number of aromatic nitrogens is 2. The summed E-state index contributed by atoms with van der Waals surface area (Å²) >= 11 is 5.59. The molecule has 0 aliphatic heterocycles. The lowest BCUT2D eigenvalue weighted by Crippen LogP contribution is -2.21. The first kappa shape index (κ1) is 10.1. The summed E-state index contributed by atoms with van der Waals surface area (Å²) in [5, 5.41) is 8.64. The van der Waals surface area contributed by atoms with Crippen LogP contribution in [0.1, 0.15) is 19.4 Å². The summed E-state index contributed by atoms with van der Waals surface area (Å²) in [5.74, 6) is 0.417. The van der Waals surface area contributed by atoms with Crippen LogP contribution < -0.4 is 5.32 Å². The van der Waals surface area contributed by atoms with Gasteiger partial charge in [-0.15, -0.1) is 11.6 Å². The molecule has 1 rings (SSSR count). The second kappa shape index (κ2) is 4.28. The Kier molecular flexibility index (Phi) is 3.31. The first-order chi connectivity index (χ1) is 6.15. The fraction of sp³-hybridized carbons (Fsp3) is 0.500. The Labute approximate surface area is 81.7 Å². The standard InChI is InChI=1S/C8H12ClN3O/c1-3-6-4-10-12-7(6)11-8(13)5(2)9/h4-5H,3H2,1-2H3,(H2,10,11,12,13). The van der Waals surface area contributed by atoms with Crippen LogP contribution in [0.5, 0.6) is 0 Å². The highest BCUT2D eigenvalue weighted by Crippen LogP contribution is 2.12. The van der Waals surface area contributed by atoms with Gasteiger partial charge in [-0.2, -0.15) is 5.10 Å². The molecule has 1 aromatic rings. The fourth-order valence-electron chi connectivity index (χ4n) is 0.910. The van der Waals surface area contributed by atoms with Crippen LogP contribution in [0.4, 0.5) is 5.82 Å². The number of hydrogen-bond acceptors (Lipinski definition) is 2. The highest BCUT2D eigenvalue weighted by atomic mass is 35.5. The Balaban J connectivity index is 2.68. The van der Waals surface area contributed by atoms with E-state index in [9.17, 15) is 4.79 Å². The lowest BCUT2D eigenvalue weighted by molar-refractivity contribution is -0.115. The van der Waals surface area contributed by atoms with Crippen molar-refractivity contribution in [2.45, 2.75) is 25.6 Å². The first-order valence-electron chi connectivity index (χ1n) is 4.12. The molecule has 1 unspecified atom stereocenters. The van der Waals surface area contributed by atoms with Gasteiger partial charge >= 0.3 is 0 Å². The molecule has 0 aromatic carbocycles. The quantitative estimate of drug-likeness (QED) is 0.729. The number of carbonyl (C=O) groups is 1. The topological polar surface area (TPSA) is 57.8 Å². The molecule has 2 N–H and O–H groups in total. The van der Waals surface area contributed by atoms with E-state index in [0.29, 0.717) is 5.82 Å². The number of nitrogens with one attached hydrogen (secondary N) is 2. The zero-order chi connectivity index (χ0) is 9.84. The summed E-state index contributed by atoms with van der Waals surface area (Å²) in [7, 11) is 0. The molecule has 1 atom stereocenters. The maximum Gasteiger partial charge on any atom is 0.243 e. The van der Waals surface area contributed by atoms with Crippen molar-refractivity contribution in [3.8, 4) is 0 Å². The molecule has 1 heterocycles. The van der Waals surface area contributed by atoms with Gasteiger partial charge in [0.1, 0.15) is 11.2 Å². The molecule has 0 fully saturated rings. The molecule has 13 heavy (non-hydrogen) atoms. The third-order valence-electron chi connectivity index (χ3n) is 1.71. The third-order valence-corrected chi connectivity index (χ3v) is 1.91. The minimum atomic E-state index is -0.534. The van der Waals surface area contributed by atoms with Gasteiger partial charge in [0.05, 0.1) is 6.20 Å². The molecule has 0 radical (unpaired) electrons. The predicted molar refractivity (Wildman–Crippen MR) is 51.9 cm³/mol. The van der Waals surface area contributed by atoms with Crippen molar-refractivity contribution in [3.05, 3.63) is 11.8 Å². The van der Waals surface area contributed by atoms with E-state index >= 15 is 0 Å². The molecular formula is C8H12ClN3O. The molecular weight excluding hydrogens is 190 g/mol. The Morgan fingerprint density at radius 2 is 2.54 bits per heavy atom. The van der Waals surface area contributed by atoms with Gasteiger partial charge in [0, 0.05) is 5.56 Å². The predicted octanol–water partition coefficient (Wildman–Crippen LogP) is 1.54. The van der Waals surface area contributed by atoms with Crippen LogP contribution in [0, 0.1) is 0 Å². The second-order valence-corrected chi connectivity index (χ2v) is 3.38. The lowest BCUT2D eigenvalue weighted by Gasteiger charge is -2.05. The molecule has 1 aromatic heterocycles. The van der Waals surface area contributed by atoms with Crippen molar-refractivity contribution in [1.29, 1.82) is 0 Å². The molecule has 72 valence electrons. The number of carbonyl (C=O) groups excluding carboxylic acids is 1. The van der Waals surface area contributed by atoms with Crippen LogP contribution in [-0.2, 0) is 11.2 Å². The van der Waals surface area contributed by atoms with E-state index in [1.807, 2.05) is 6.92 Å². The van der Waals surface area contributed by atoms with E-state index in [-0.39, 0.29) is 5.91 Å². The van der Waals surface area contributed by atoms with Crippen LogP contribution in [-0.4, -0.2) is 21.5 Å². The fourth-order valence-corrected chi connectivity index (χ4v) is 0.965. The van der Waals surface area contributed by atoms with Crippen molar-refractivity contribution < 1.29 is 4.79 Å². The molecule has 5 heteroatoms. The smallest absolute Gasteiger partial charge is 0.243 e. The van der Waals surface area contributed by atoms with Crippen LogP contribution in [0.25, 0.3) is 0 Å². The summed E-state index contributed by atoms with van der Waals surface area (Å²) in [4.78, 5) is 11.2. The van der Waals surface area contributed by atoms with Gasteiger partial charge < -0.3 is 5.32 Å². The normalized spacial score (nSPS) is 12.5. The molecule has 0 spiro atoms. The summed E-state index contributed by atoms with van der Waals surface area (Å²) in [5.41, 5.74) is 0.977.